The number of carbonyl (C=O) groups is 2. The third-order valence-electron chi connectivity index (χ3n) is 7.27. The molecule has 40 heavy (non-hydrogen) atoms. The summed E-state index contributed by atoms with van der Waals surface area (Å²) in [6.45, 7) is 4.04. The smallest absolute Gasteiger partial charge is 0.247 e. The van der Waals surface area contributed by atoms with E-state index >= 15 is 0 Å². The molecule has 212 valence electrons. The van der Waals surface area contributed by atoms with Crippen LogP contribution in [0.3, 0.4) is 0 Å². The quantitative estimate of drug-likeness (QED) is 0.295. The highest BCUT2D eigenvalue weighted by molar-refractivity contribution is 7.89. The summed E-state index contributed by atoms with van der Waals surface area (Å²) in [4.78, 5) is 29.3. The summed E-state index contributed by atoms with van der Waals surface area (Å²) in [6.07, 6.45) is 4.23. The summed E-state index contributed by atoms with van der Waals surface area (Å²) in [7, 11) is -3.48. The van der Waals surface area contributed by atoms with Gasteiger partial charge in [-0.05, 0) is 54.5 Å². The molecule has 0 aromatic heterocycles. The van der Waals surface area contributed by atoms with Crippen LogP contribution in [0, 0.1) is 0 Å². The SMILES string of the molecule is CCCCNC(=O)[C@@H](c1ccccc1)N(Cc1ccccc1)C(=O)CCc1ccc(S(=O)(=O)N2CCCC2)cc1. The Morgan fingerprint density at radius 2 is 1.50 bits per heavy atom. The first-order chi connectivity index (χ1) is 19.4. The van der Waals surface area contributed by atoms with Crippen molar-refractivity contribution in [1.29, 1.82) is 0 Å². The zero-order chi connectivity index (χ0) is 28.4. The van der Waals surface area contributed by atoms with E-state index in [1.54, 1.807) is 29.2 Å². The molecule has 1 saturated heterocycles. The molecule has 2 amide bonds. The van der Waals surface area contributed by atoms with Gasteiger partial charge in [-0.25, -0.2) is 8.42 Å². The maximum absolute atomic E-state index is 13.8. The Kier molecular flexibility index (Phi) is 10.5. The second-order valence-electron chi connectivity index (χ2n) is 10.2. The first kappa shape index (κ1) is 29.5. The van der Waals surface area contributed by atoms with E-state index in [4.69, 9.17) is 0 Å². The Labute approximate surface area is 238 Å². The highest BCUT2D eigenvalue weighted by Crippen LogP contribution is 2.26. The average molecular weight is 562 g/mol. The lowest BCUT2D eigenvalue weighted by atomic mass is 10.0. The van der Waals surface area contributed by atoms with Crippen LogP contribution in [0.15, 0.2) is 89.8 Å². The number of sulfonamides is 1. The second-order valence-corrected chi connectivity index (χ2v) is 12.2. The van der Waals surface area contributed by atoms with Gasteiger partial charge in [0.05, 0.1) is 4.90 Å². The number of hydrogen-bond donors (Lipinski definition) is 1. The van der Waals surface area contributed by atoms with Crippen LogP contribution in [0.2, 0.25) is 0 Å². The standard InChI is InChI=1S/C32H39N3O4S/c1-2-3-22-33-32(37)31(28-14-8-5-9-15-28)35(25-27-12-6-4-7-13-27)30(36)21-18-26-16-19-29(20-17-26)40(38,39)34-23-10-11-24-34/h4-9,12-17,19-20,31H,2-3,10-11,18,21-25H2,1H3,(H,33,37)/t31-/m1/s1. The van der Waals surface area contributed by atoms with Crippen LogP contribution in [0.4, 0.5) is 0 Å². The molecule has 4 rings (SSSR count). The van der Waals surface area contributed by atoms with Gasteiger partial charge in [0.25, 0.3) is 0 Å². The molecule has 1 aliphatic heterocycles. The molecule has 3 aromatic carbocycles. The largest absolute Gasteiger partial charge is 0.354 e. The van der Waals surface area contributed by atoms with Gasteiger partial charge in [-0.3, -0.25) is 9.59 Å². The molecular weight excluding hydrogens is 522 g/mol. The van der Waals surface area contributed by atoms with Crippen LogP contribution < -0.4 is 5.32 Å². The number of carbonyl (C=O) groups excluding carboxylic acids is 2. The molecule has 1 aliphatic rings. The number of hydrogen-bond acceptors (Lipinski definition) is 4. The molecule has 1 fully saturated rings. The Bertz CT molecular complexity index is 1340. The van der Waals surface area contributed by atoms with Gasteiger partial charge in [0, 0.05) is 32.6 Å². The van der Waals surface area contributed by atoms with Gasteiger partial charge in [0.1, 0.15) is 6.04 Å². The third kappa shape index (κ3) is 7.58. The monoisotopic (exact) mass is 561 g/mol. The Morgan fingerprint density at radius 3 is 2.12 bits per heavy atom. The number of unbranched alkanes of at least 4 members (excludes halogenated alkanes) is 1. The van der Waals surface area contributed by atoms with E-state index in [0.29, 0.717) is 32.6 Å². The maximum atomic E-state index is 13.8. The van der Waals surface area contributed by atoms with E-state index in [1.807, 2.05) is 60.7 Å². The minimum Gasteiger partial charge on any atom is -0.354 e. The summed E-state index contributed by atoms with van der Waals surface area (Å²) in [5.41, 5.74) is 2.57. The lowest BCUT2D eigenvalue weighted by Gasteiger charge is -2.32. The lowest BCUT2D eigenvalue weighted by molar-refractivity contribution is -0.141. The van der Waals surface area contributed by atoms with E-state index in [9.17, 15) is 18.0 Å². The maximum Gasteiger partial charge on any atom is 0.247 e. The van der Waals surface area contributed by atoms with Crippen molar-refractivity contribution in [3.05, 3.63) is 102 Å². The van der Waals surface area contributed by atoms with Crippen LogP contribution >= 0.6 is 0 Å². The highest BCUT2D eigenvalue weighted by Gasteiger charge is 2.31. The van der Waals surface area contributed by atoms with Gasteiger partial charge in [0.15, 0.2) is 0 Å². The molecule has 0 unspecified atom stereocenters. The fourth-order valence-electron chi connectivity index (χ4n) is 5.00. The molecule has 0 saturated carbocycles. The minimum atomic E-state index is -3.48. The summed E-state index contributed by atoms with van der Waals surface area (Å²) >= 11 is 0. The number of benzene rings is 3. The van der Waals surface area contributed by atoms with Crippen LogP contribution in [0.5, 0.6) is 0 Å². The number of rotatable bonds is 13. The van der Waals surface area contributed by atoms with Gasteiger partial charge >= 0.3 is 0 Å². The zero-order valence-corrected chi connectivity index (χ0v) is 24.0. The van der Waals surface area contributed by atoms with E-state index in [1.165, 1.54) is 4.31 Å². The highest BCUT2D eigenvalue weighted by atomic mass is 32.2. The Hall–Kier alpha value is -3.49. The third-order valence-corrected chi connectivity index (χ3v) is 9.19. The van der Waals surface area contributed by atoms with Gasteiger partial charge in [-0.1, -0.05) is 86.1 Å². The molecule has 0 bridgehead atoms. The first-order valence-corrected chi connectivity index (χ1v) is 15.6. The molecule has 1 atom stereocenters. The fraction of sp³-hybridized carbons (Fsp3) is 0.375. The van der Waals surface area contributed by atoms with Crippen molar-refractivity contribution in [2.75, 3.05) is 19.6 Å². The van der Waals surface area contributed by atoms with Crippen LogP contribution in [-0.4, -0.2) is 49.1 Å². The van der Waals surface area contributed by atoms with Gasteiger partial charge in [0.2, 0.25) is 21.8 Å². The van der Waals surface area contributed by atoms with E-state index in [2.05, 4.69) is 12.2 Å². The van der Waals surface area contributed by atoms with Crippen molar-refractivity contribution in [1.82, 2.24) is 14.5 Å². The Morgan fingerprint density at radius 1 is 0.875 bits per heavy atom. The first-order valence-electron chi connectivity index (χ1n) is 14.2. The lowest BCUT2D eigenvalue weighted by Crippen LogP contribution is -2.43. The van der Waals surface area contributed by atoms with Crippen molar-refractivity contribution in [3.8, 4) is 0 Å². The summed E-state index contributed by atoms with van der Waals surface area (Å²) in [5, 5.41) is 3.03. The molecule has 0 spiro atoms. The van der Waals surface area contributed by atoms with Crippen LogP contribution in [-0.2, 0) is 32.6 Å². The molecule has 0 aliphatic carbocycles. The molecule has 1 N–H and O–H groups in total. The number of nitrogens with one attached hydrogen (secondary N) is 1. The number of nitrogens with zero attached hydrogens (tertiary/aromatic N) is 2. The van der Waals surface area contributed by atoms with Gasteiger partial charge in [-0.2, -0.15) is 4.31 Å². The van der Waals surface area contributed by atoms with Crippen molar-refractivity contribution >= 4 is 21.8 Å². The molecule has 3 aromatic rings. The Balaban J connectivity index is 1.54. The number of aryl methyl sites for hydroxylation is 1. The normalized spacial score (nSPS) is 14.5. The molecule has 8 heteroatoms. The summed E-state index contributed by atoms with van der Waals surface area (Å²) < 4.78 is 27.3. The van der Waals surface area contributed by atoms with Crippen LogP contribution in [0.25, 0.3) is 0 Å². The topological polar surface area (TPSA) is 86.8 Å². The average Bonchev–Trinajstić information content (AvgIpc) is 3.53. The fourth-order valence-corrected chi connectivity index (χ4v) is 6.51. The second kappa shape index (κ2) is 14.2. The molecule has 7 nitrogen and oxygen atoms in total. The van der Waals surface area contributed by atoms with Crippen LogP contribution in [0.1, 0.15) is 61.8 Å². The molecular formula is C32H39N3O4S. The van der Waals surface area contributed by atoms with Crippen molar-refractivity contribution in [2.24, 2.45) is 0 Å². The summed E-state index contributed by atoms with van der Waals surface area (Å²) in [5.74, 6) is -0.336. The number of amides is 2. The van der Waals surface area contributed by atoms with Crippen molar-refractivity contribution in [3.63, 3.8) is 0 Å². The van der Waals surface area contributed by atoms with E-state index in [-0.39, 0.29) is 23.1 Å². The zero-order valence-electron chi connectivity index (χ0n) is 23.2. The predicted octanol–water partition coefficient (Wildman–Crippen LogP) is 5.09. The van der Waals surface area contributed by atoms with Gasteiger partial charge < -0.3 is 10.2 Å². The van der Waals surface area contributed by atoms with Gasteiger partial charge in [-0.15, -0.1) is 0 Å². The minimum absolute atomic E-state index is 0.142. The summed E-state index contributed by atoms with van der Waals surface area (Å²) in [6, 6.07) is 25.2. The van der Waals surface area contributed by atoms with E-state index in [0.717, 1.165) is 42.4 Å². The molecule has 0 radical (unpaired) electrons. The van der Waals surface area contributed by atoms with Crippen molar-refractivity contribution in [2.45, 2.75) is 62.9 Å². The predicted molar refractivity (Wildman–Crippen MR) is 157 cm³/mol. The van der Waals surface area contributed by atoms with Crippen molar-refractivity contribution < 1.29 is 18.0 Å². The molecule has 1 heterocycles. The van der Waals surface area contributed by atoms with E-state index < -0.39 is 16.1 Å².